The molecule has 1 aliphatic rings. The fraction of sp³-hybridized carbons (Fsp3) is 0.500. The van der Waals surface area contributed by atoms with E-state index in [1.54, 1.807) is 6.20 Å². The molecule has 3 nitrogen and oxygen atoms in total. The number of nitrogens with two attached hydrogens (primary N) is 1. The molecule has 0 radical (unpaired) electrons. The average molecular weight is 235 g/mol. The van der Waals surface area contributed by atoms with Crippen LogP contribution in [-0.2, 0) is 0 Å². The number of rotatable bonds is 4. The number of thiocarbonyl (C=S) groups is 1. The predicted molar refractivity (Wildman–Crippen MR) is 70.7 cm³/mol. The normalized spacial score (nSPS) is 22.9. The third-order valence-corrected chi connectivity index (χ3v) is 3.43. The molecule has 1 aliphatic carbocycles. The van der Waals surface area contributed by atoms with E-state index in [9.17, 15) is 0 Å². The molecule has 0 spiro atoms. The maximum absolute atomic E-state index is 5.57. The van der Waals surface area contributed by atoms with Gasteiger partial charge in [-0.25, -0.2) is 0 Å². The minimum absolute atomic E-state index is 0.357. The van der Waals surface area contributed by atoms with Crippen LogP contribution in [0.4, 0.5) is 5.69 Å². The van der Waals surface area contributed by atoms with Crippen molar-refractivity contribution < 1.29 is 0 Å². The number of nitrogens with zero attached hydrogens (tertiary/aromatic N) is 2. The zero-order valence-corrected chi connectivity index (χ0v) is 10.5. The van der Waals surface area contributed by atoms with Gasteiger partial charge in [-0.2, -0.15) is 0 Å². The monoisotopic (exact) mass is 235 g/mol. The van der Waals surface area contributed by atoms with E-state index in [4.69, 9.17) is 18.0 Å². The maximum atomic E-state index is 5.57. The van der Waals surface area contributed by atoms with Crippen molar-refractivity contribution in [1.29, 1.82) is 0 Å². The number of hydrogen-bond donors (Lipinski definition) is 1. The topological polar surface area (TPSA) is 42.2 Å². The second-order valence-corrected chi connectivity index (χ2v) is 5.06. The van der Waals surface area contributed by atoms with Gasteiger partial charge in [-0.1, -0.05) is 19.1 Å². The smallest absolute Gasteiger partial charge is 0.122 e. The fourth-order valence-electron chi connectivity index (χ4n) is 1.90. The van der Waals surface area contributed by atoms with Gasteiger partial charge in [0, 0.05) is 25.5 Å². The Morgan fingerprint density at radius 2 is 2.38 bits per heavy atom. The molecule has 0 aliphatic heterocycles. The number of pyridine rings is 1. The van der Waals surface area contributed by atoms with Crippen molar-refractivity contribution in [2.45, 2.75) is 13.3 Å². The van der Waals surface area contributed by atoms with E-state index in [1.165, 1.54) is 6.42 Å². The van der Waals surface area contributed by atoms with E-state index < -0.39 is 0 Å². The highest BCUT2D eigenvalue weighted by molar-refractivity contribution is 7.80. The van der Waals surface area contributed by atoms with Crippen LogP contribution >= 0.6 is 12.2 Å². The van der Waals surface area contributed by atoms with Gasteiger partial charge in [-0.3, -0.25) is 4.98 Å². The SMILES string of the molecule is CC1CC1CN(C)c1ccnc(C(N)=S)c1. The van der Waals surface area contributed by atoms with Crippen LogP contribution in [0.25, 0.3) is 0 Å². The van der Waals surface area contributed by atoms with Gasteiger partial charge in [0.1, 0.15) is 4.99 Å². The molecule has 1 fully saturated rings. The molecular formula is C12H17N3S. The molecule has 0 bridgehead atoms. The molecule has 0 aromatic carbocycles. The molecule has 4 heteroatoms. The Morgan fingerprint density at radius 3 is 2.94 bits per heavy atom. The van der Waals surface area contributed by atoms with Gasteiger partial charge >= 0.3 is 0 Å². The first-order valence-corrected chi connectivity index (χ1v) is 5.95. The van der Waals surface area contributed by atoms with E-state index in [1.807, 2.05) is 12.1 Å². The first kappa shape index (κ1) is 11.3. The number of anilines is 1. The molecule has 1 aromatic rings. The minimum atomic E-state index is 0.357. The molecule has 2 N–H and O–H groups in total. The average Bonchev–Trinajstić information content (AvgIpc) is 2.94. The lowest BCUT2D eigenvalue weighted by molar-refractivity contribution is 0.725. The van der Waals surface area contributed by atoms with Gasteiger partial charge in [0.05, 0.1) is 5.69 Å². The summed E-state index contributed by atoms with van der Waals surface area (Å²) in [6.45, 7) is 3.40. The molecule has 16 heavy (non-hydrogen) atoms. The molecule has 2 atom stereocenters. The van der Waals surface area contributed by atoms with Crippen molar-refractivity contribution in [1.82, 2.24) is 4.98 Å². The van der Waals surface area contributed by atoms with Crippen molar-refractivity contribution >= 4 is 22.9 Å². The van der Waals surface area contributed by atoms with Gasteiger partial charge in [0.15, 0.2) is 0 Å². The molecule has 1 aromatic heterocycles. The van der Waals surface area contributed by atoms with E-state index >= 15 is 0 Å². The van der Waals surface area contributed by atoms with Crippen molar-refractivity contribution in [2.75, 3.05) is 18.5 Å². The number of hydrogen-bond acceptors (Lipinski definition) is 3. The summed E-state index contributed by atoms with van der Waals surface area (Å²) in [5.41, 5.74) is 7.40. The fourth-order valence-corrected chi connectivity index (χ4v) is 2.01. The molecular weight excluding hydrogens is 218 g/mol. The summed E-state index contributed by atoms with van der Waals surface area (Å²) in [5.74, 6) is 1.71. The molecule has 0 saturated heterocycles. The first-order chi connectivity index (χ1) is 7.58. The Balaban J connectivity index is 2.07. The van der Waals surface area contributed by atoms with Crippen LogP contribution in [0.1, 0.15) is 19.0 Å². The van der Waals surface area contributed by atoms with Crippen LogP contribution in [0.2, 0.25) is 0 Å². The lowest BCUT2D eigenvalue weighted by atomic mass is 10.2. The van der Waals surface area contributed by atoms with Crippen LogP contribution in [0.15, 0.2) is 18.3 Å². The Morgan fingerprint density at radius 1 is 1.69 bits per heavy atom. The van der Waals surface area contributed by atoms with Gasteiger partial charge in [0.2, 0.25) is 0 Å². The molecule has 2 unspecified atom stereocenters. The highest BCUT2D eigenvalue weighted by atomic mass is 32.1. The third kappa shape index (κ3) is 2.50. The van der Waals surface area contributed by atoms with Crippen molar-refractivity contribution in [3.8, 4) is 0 Å². The zero-order chi connectivity index (χ0) is 11.7. The Bertz CT molecular complexity index is 405. The molecule has 86 valence electrons. The molecule has 2 rings (SSSR count). The van der Waals surface area contributed by atoms with Gasteiger partial charge in [-0.05, 0) is 30.4 Å². The Hall–Kier alpha value is -1.16. The largest absolute Gasteiger partial charge is 0.388 e. The molecule has 1 heterocycles. The predicted octanol–water partition coefficient (Wildman–Crippen LogP) is 1.81. The van der Waals surface area contributed by atoms with Crippen LogP contribution < -0.4 is 10.6 Å². The summed E-state index contributed by atoms with van der Waals surface area (Å²) in [5, 5.41) is 0. The van der Waals surface area contributed by atoms with E-state index in [0.717, 1.165) is 24.1 Å². The standard InChI is InChI=1S/C12H17N3S/c1-8-5-9(8)7-15(2)10-3-4-14-11(6-10)12(13)16/h3-4,6,8-9H,5,7H2,1-2H3,(H2,13,16). The first-order valence-electron chi connectivity index (χ1n) is 5.55. The van der Waals surface area contributed by atoms with Crippen molar-refractivity contribution in [2.24, 2.45) is 17.6 Å². The van der Waals surface area contributed by atoms with E-state index in [-0.39, 0.29) is 0 Å². The summed E-state index contributed by atoms with van der Waals surface area (Å²) < 4.78 is 0. The van der Waals surface area contributed by atoms with E-state index in [2.05, 4.69) is 23.9 Å². The van der Waals surface area contributed by atoms with Gasteiger partial charge in [0.25, 0.3) is 0 Å². The third-order valence-electron chi connectivity index (χ3n) is 3.22. The van der Waals surface area contributed by atoms with Crippen LogP contribution in [-0.4, -0.2) is 23.6 Å². The second kappa shape index (κ2) is 4.37. The van der Waals surface area contributed by atoms with Crippen LogP contribution in [0.3, 0.4) is 0 Å². The summed E-state index contributed by atoms with van der Waals surface area (Å²) in [4.78, 5) is 6.74. The van der Waals surface area contributed by atoms with Gasteiger partial charge < -0.3 is 10.6 Å². The summed E-state index contributed by atoms with van der Waals surface area (Å²) in [6.07, 6.45) is 3.11. The van der Waals surface area contributed by atoms with Crippen molar-refractivity contribution in [3.63, 3.8) is 0 Å². The summed E-state index contributed by atoms with van der Waals surface area (Å²) in [6, 6.07) is 3.95. The van der Waals surface area contributed by atoms with Gasteiger partial charge in [-0.15, -0.1) is 0 Å². The molecule has 0 amide bonds. The molecule has 1 saturated carbocycles. The highest BCUT2D eigenvalue weighted by Gasteiger charge is 2.33. The quantitative estimate of drug-likeness (QED) is 0.808. The van der Waals surface area contributed by atoms with Crippen LogP contribution in [0.5, 0.6) is 0 Å². The van der Waals surface area contributed by atoms with E-state index in [0.29, 0.717) is 10.7 Å². The Kier molecular flexibility index (Phi) is 3.10. The lowest BCUT2D eigenvalue weighted by Crippen LogP contribution is -2.21. The zero-order valence-electron chi connectivity index (χ0n) is 9.68. The van der Waals surface area contributed by atoms with Crippen molar-refractivity contribution in [3.05, 3.63) is 24.0 Å². The number of aromatic nitrogens is 1. The highest BCUT2D eigenvalue weighted by Crippen LogP contribution is 2.38. The minimum Gasteiger partial charge on any atom is -0.388 e. The maximum Gasteiger partial charge on any atom is 0.122 e. The lowest BCUT2D eigenvalue weighted by Gasteiger charge is -2.19. The summed E-state index contributed by atoms with van der Waals surface area (Å²) in [7, 11) is 2.10. The second-order valence-electron chi connectivity index (χ2n) is 4.62. The summed E-state index contributed by atoms with van der Waals surface area (Å²) >= 11 is 4.92. The van der Waals surface area contributed by atoms with Crippen LogP contribution in [0, 0.1) is 11.8 Å². The Labute approximate surface area is 102 Å².